The van der Waals surface area contributed by atoms with Gasteiger partial charge in [0.1, 0.15) is 23.0 Å². The molecule has 0 saturated carbocycles. The molecule has 6 heterocycles. The Balaban J connectivity index is 0.000000201. The summed E-state index contributed by atoms with van der Waals surface area (Å²) >= 11 is 0. The number of aromatic nitrogens is 4. The molecule has 6 N–H and O–H groups in total. The molecule has 68 heavy (non-hydrogen) atoms. The Hall–Kier alpha value is -6.88. The van der Waals surface area contributed by atoms with Crippen LogP contribution in [-0.2, 0) is 9.59 Å². The van der Waals surface area contributed by atoms with Crippen molar-refractivity contribution in [3.8, 4) is 46.5 Å². The van der Waals surface area contributed by atoms with E-state index in [9.17, 15) is 29.4 Å². The lowest BCUT2D eigenvalue weighted by atomic mass is 10.0. The number of anilines is 2. The van der Waals surface area contributed by atoms with Crippen LogP contribution in [0.15, 0.2) is 60.7 Å². The molecule has 2 aromatic heterocycles. The number of likely N-dealkylation sites (tertiary alicyclic amines) is 2. The first-order valence-corrected chi connectivity index (χ1v) is 23.5. The van der Waals surface area contributed by atoms with E-state index >= 15 is 0 Å². The molecule has 4 aromatic rings. The first-order valence-electron chi connectivity index (χ1n) is 23.5. The van der Waals surface area contributed by atoms with Crippen molar-refractivity contribution in [1.29, 1.82) is 0 Å². The highest BCUT2D eigenvalue weighted by atomic mass is 16.3. The van der Waals surface area contributed by atoms with Crippen LogP contribution in [0.1, 0.15) is 111 Å². The monoisotopic (exact) mass is 922 g/mol. The van der Waals surface area contributed by atoms with Crippen molar-refractivity contribution in [3.05, 3.63) is 83.2 Å². The van der Waals surface area contributed by atoms with Gasteiger partial charge in [0.05, 0.1) is 0 Å². The van der Waals surface area contributed by atoms with Crippen LogP contribution in [-0.4, -0.2) is 127 Å². The smallest absolute Gasteiger partial charge is 0.267 e. The van der Waals surface area contributed by atoms with Crippen molar-refractivity contribution in [2.45, 2.75) is 102 Å². The van der Waals surface area contributed by atoms with Gasteiger partial charge in [-0.2, -0.15) is 0 Å². The van der Waals surface area contributed by atoms with Crippen LogP contribution >= 0.6 is 0 Å². The Morgan fingerprint density at radius 2 is 1.04 bits per heavy atom. The maximum Gasteiger partial charge on any atom is 0.267 e. The average molecular weight is 923 g/mol. The molecule has 16 heteroatoms. The lowest BCUT2D eigenvalue weighted by Gasteiger charge is -2.27. The van der Waals surface area contributed by atoms with Gasteiger partial charge in [0, 0.05) is 99.6 Å². The predicted octanol–water partition coefficient (Wildman–Crippen LogP) is 4.40. The summed E-state index contributed by atoms with van der Waals surface area (Å²) in [7, 11) is 3.30. The molecule has 16 nitrogen and oxygen atoms in total. The standard InChI is InChI=1S/2C26H31N5O3/c2*1-17(2)14-20-8-5-12-31(20)22-16-21(23(27)32)28-24(29-22)19-7-4-6-18(15-19)9-10-26(34)11-13-30(3)25(26)33/h2*4,6-7,15-17,20,34H,5,8,11-14H2,1-3H3,(H2,27,32)/t20-,26+;20-,26-/m10/s1. The Labute approximate surface area is 398 Å². The topological polar surface area (TPSA) is 225 Å². The normalized spacial score (nSPS) is 22.3. The highest BCUT2D eigenvalue weighted by Crippen LogP contribution is 2.32. The van der Waals surface area contributed by atoms with Crippen molar-refractivity contribution in [2.24, 2.45) is 23.3 Å². The Kier molecular flexibility index (Phi) is 14.8. The van der Waals surface area contributed by atoms with Gasteiger partial charge in [-0.1, -0.05) is 75.6 Å². The highest BCUT2D eigenvalue weighted by molar-refractivity contribution is 5.93. The lowest BCUT2D eigenvalue weighted by molar-refractivity contribution is -0.138. The molecule has 2 aromatic carbocycles. The predicted molar refractivity (Wildman–Crippen MR) is 260 cm³/mol. The van der Waals surface area contributed by atoms with Crippen LogP contribution in [0.25, 0.3) is 22.8 Å². The van der Waals surface area contributed by atoms with Crippen LogP contribution < -0.4 is 21.3 Å². The van der Waals surface area contributed by atoms with Crippen LogP contribution in [0.3, 0.4) is 0 Å². The first kappa shape index (κ1) is 49.0. The molecule has 0 radical (unpaired) electrons. The van der Waals surface area contributed by atoms with Gasteiger partial charge in [-0.25, -0.2) is 19.9 Å². The van der Waals surface area contributed by atoms with E-state index in [0.717, 1.165) is 51.6 Å². The maximum absolute atomic E-state index is 12.2. The van der Waals surface area contributed by atoms with Crippen LogP contribution in [0.5, 0.6) is 0 Å². The van der Waals surface area contributed by atoms with Crippen molar-refractivity contribution in [3.63, 3.8) is 0 Å². The third-order valence-corrected chi connectivity index (χ3v) is 12.8. The second kappa shape index (κ2) is 20.6. The average Bonchev–Trinajstić information content (AvgIpc) is 4.10. The molecule has 0 aliphatic carbocycles. The second-order valence-electron chi connectivity index (χ2n) is 19.2. The van der Waals surface area contributed by atoms with E-state index in [0.29, 0.717) is 82.5 Å². The minimum atomic E-state index is -1.67. The molecule has 4 atom stereocenters. The third kappa shape index (κ3) is 11.3. The molecule has 356 valence electrons. The van der Waals surface area contributed by atoms with Crippen molar-refractivity contribution < 1.29 is 29.4 Å². The number of hydrogen-bond donors (Lipinski definition) is 4. The van der Waals surface area contributed by atoms with Crippen LogP contribution in [0.4, 0.5) is 11.6 Å². The fourth-order valence-electron chi connectivity index (χ4n) is 9.29. The van der Waals surface area contributed by atoms with E-state index in [1.807, 2.05) is 24.3 Å². The number of nitrogens with zero attached hydrogens (tertiary/aromatic N) is 8. The summed E-state index contributed by atoms with van der Waals surface area (Å²) in [5, 5.41) is 21.1. The number of benzene rings is 2. The number of likely N-dealkylation sites (N-methyl/N-ethyl adjacent to an activating group) is 2. The minimum Gasteiger partial charge on any atom is -0.369 e. The fourth-order valence-corrected chi connectivity index (χ4v) is 9.29. The molecule has 0 bridgehead atoms. The second-order valence-corrected chi connectivity index (χ2v) is 19.2. The number of nitrogens with two attached hydrogens (primary N) is 2. The summed E-state index contributed by atoms with van der Waals surface area (Å²) in [5.74, 6) is 12.6. The SMILES string of the molecule is CC(C)C[C@@H]1CCCN1c1cc(C(N)=O)nc(-c2cccc(C#C[C@]3(O)CCN(C)C3=O)c2)n1.CC(C)C[C@H]1CCCN1c1cc(C(N)=O)nc(-c2cccc(C#C[C@]3(O)CCN(C)C3=O)c2)n1. The quantitative estimate of drug-likeness (QED) is 0.163. The minimum absolute atomic E-state index is 0.167. The van der Waals surface area contributed by atoms with Crippen LogP contribution in [0.2, 0.25) is 0 Å². The molecule has 8 rings (SSSR count). The zero-order valence-corrected chi connectivity index (χ0v) is 39.8. The summed E-state index contributed by atoms with van der Waals surface area (Å²) in [6.45, 7) is 11.5. The molecule has 0 spiro atoms. The van der Waals surface area contributed by atoms with Gasteiger partial charge in [0.15, 0.2) is 11.6 Å². The number of carbonyl (C=O) groups is 4. The van der Waals surface area contributed by atoms with Crippen LogP contribution in [0, 0.1) is 35.5 Å². The number of carbonyl (C=O) groups excluding carboxylic acids is 4. The molecule has 4 aliphatic heterocycles. The third-order valence-electron chi connectivity index (χ3n) is 12.8. The van der Waals surface area contributed by atoms with Gasteiger partial charge >= 0.3 is 0 Å². The number of hydrogen-bond acceptors (Lipinski definition) is 12. The van der Waals surface area contributed by atoms with Gasteiger partial charge in [-0.3, -0.25) is 19.2 Å². The molecular formula is C52H62N10O6. The molecule has 0 unspecified atom stereocenters. The maximum atomic E-state index is 12.2. The molecule has 4 fully saturated rings. The number of rotatable bonds is 10. The summed E-state index contributed by atoms with van der Waals surface area (Å²) in [5.41, 5.74) is 10.8. The van der Waals surface area contributed by atoms with Gasteiger partial charge < -0.3 is 41.3 Å². The fraction of sp³-hybridized carbons (Fsp3) is 0.462. The highest BCUT2D eigenvalue weighted by Gasteiger charge is 2.43. The Bertz CT molecular complexity index is 2520. The van der Waals surface area contributed by atoms with E-state index in [4.69, 9.17) is 21.4 Å². The Morgan fingerprint density at radius 1 is 0.647 bits per heavy atom. The largest absolute Gasteiger partial charge is 0.369 e. The van der Waals surface area contributed by atoms with Crippen molar-refractivity contribution >= 4 is 35.3 Å². The summed E-state index contributed by atoms with van der Waals surface area (Å²) < 4.78 is 0. The van der Waals surface area contributed by atoms with E-state index in [2.05, 4.69) is 71.1 Å². The first-order chi connectivity index (χ1) is 32.3. The lowest BCUT2D eigenvalue weighted by Crippen LogP contribution is -2.37. The summed E-state index contributed by atoms with van der Waals surface area (Å²) in [6, 6.07) is 18.5. The molecule has 4 saturated heterocycles. The van der Waals surface area contributed by atoms with Gasteiger partial charge in [0.25, 0.3) is 23.6 Å². The van der Waals surface area contributed by atoms with E-state index < -0.39 is 23.0 Å². The number of primary amides is 2. The van der Waals surface area contributed by atoms with Crippen molar-refractivity contribution in [2.75, 3.05) is 50.1 Å². The van der Waals surface area contributed by atoms with E-state index in [-0.39, 0.29) is 36.0 Å². The molecule has 4 amide bonds. The zero-order chi connectivity index (χ0) is 48.9. The summed E-state index contributed by atoms with van der Waals surface area (Å²) in [6.07, 6.45) is 6.97. The molecular weight excluding hydrogens is 861 g/mol. The van der Waals surface area contributed by atoms with Gasteiger partial charge in [0.2, 0.25) is 11.2 Å². The number of aliphatic hydroxyl groups is 2. The van der Waals surface area contributed by atoms with Crippen molar-refractivity contribution in [1.82, 2.24) is 29.7 Å². The Morgan fingerprint density at radius 3 is 1.38 bits per heavy atom. The summed E-state index contributed by atoms with van der Waals surface area (Å²) in [4.78, 5) is 74.3. The van der Waals surface area contributed by atoms with E-state index in [1.165, 1.54) is 9.80 Å². The van der Waals surface area contributed by atoms with E-state index in [1.54, 1.807) is 50.5 Å². The zero-order valence-electron chi connectivity index (χ0n) is 39.8. The number of amides is 4. The van der Waals surface area contributed by atoms with Gasteiger partial charge in [-0.05, 0) is 74.6 Å². The van der Waals surface area contributed by atoms with Gasteiger partial charge in [-0.15, -0.1) is 0 Å². The molecule has 4 aliphatic rings.